The third kappa shape index (κ3) is 3.50. The molecular formula is C14H23N3O2S. The number of sulfonamides is 1. The molecule has 112 valence electrons. The van der Waals surface area contributed by atoms with Gasteiger partial charge in [0.2, 0.25) is 10.0 Å². The van der Waals surface area contributed by atoms with E-state index in [2.05, 4.69) is 9.62 Å². The highest BCUT2D eigenvalue weighted by molar-refractivity contribution is 7.89. The lowest BCUT2D eigenvalue weighted by atomic mass is 9.98. The number of nitrogens with two attached hydrogens (primary N) is 1. The van der Waals surface area contributed by atoms with Crippen LogP contribution in [-0.2, 0) is 10.0 Å². The Balaban J connectivity index is 2.12. The first kappa shape index (κ1) is 15.3. The van der Waals surface area contributed by atoms with Crippen LogP contribution in [0.3, 0.4) is 0 Å². The summed E-state index contributed by atoms with van der Waals surface area (Å²) in [5, 5.41) is 0. The molecule has 0 aliphatic carbocycles. The summed E-state index contributed by atoms with van der Waals surface area (Å²) in [5.74, 6) is 0.536. The summed E-state index contributed by atoms with van der Waals surface area (Å²) in [6, 6.07) is 7.09. The summed E-state index contributed by atoms with van der Waals surface area (Å²) in [6.07, 6.45) is 2.32. The molecule has 1 aromatic carbocycles. The van der Waals surface area contributed by atoms with Crippen LogP contribution in [0, 0.1) is 5.92 Å². The van der Waals surface area contributed by atoms with Crippen molar-refractivity contribution in [2.24, 2.45) is 11.7 Å². The van der Waals surface area contributed by atoms with Gasteiger partial charge < -0.3 is 10.6 Å². The molecule has 1 unspecified atom stereocenters. The Morgan fingerprint density at radius 3 is 2.65 bits per heavy atom. The minimum Gasteiger partial charge on any atom is -0.371 e. The lowest BCUT2D eigenvalue weighted by Crippen LogP contribution is -2.38. The Labute approximate surface area is 121 Å². The molecule has 1 saturated heterocycles. The van der Waals surface area contributed by atoms with Crippen LogP contribution in [0.4, 0.5) is 5.69 Å². The van der Waals surface area contributed by atoms with Crippen LogP contribution in [0.15, 0.2) is 29.2 Å². The van der Waals surface area contributed by atoms with Crippen molar-refractivity contribution in [1.29, 1.82) is 0 Å². The van der Waals surface area contributed by atoms with Gasteiger partial charge in [-0.05, 0) is 49.6 Å². The van der Waals surface area contributed by atoms with E-state index in [0.29, 0.717) is 23.9 Å². The molecule has 1 aliphatic rings. The van der Waals surface area contributed by atoms with E-state index in [-0.39, 0.29) is 0 Å². The molecule has 3 N–H and O–H groups in total. The maximum atomic E-state index is 11.9. The zero-order valence-corrected chi connectivity index (χ0v) is 12.7. The molecule has 20 heavy (non-hydrogen) atoms. The van der Waals surface area contributed by atoms with Gasteiger partial charge in [0.05, 0.1) is 4.90 Å². The Hall–Kier alpha value is -1.11. The fraction of sp³-hybridized carbons (Fsp3) is 0.571. The molecule has 0 radical (unpaired) electrons. The predicted molar refractivity (Wildman–Crippen MR) is 81.3 cm³/mol. The van der Waals surface area contributed by atoms with Gasteiger partial charge in [0.1, 0.15) is 0 Å². The van der Waals surface area contributed by atoms with Crippen LogP contribution in [0.25, 0.3) is 0 Å². The molecular weight excluding hydrogens is 274 g/mol. The Bertz CT molecular complexity index is 528. The SMILES string of the molecule is CCNS(=O)(=O)c1ccc(N2CCCC(CN)C2)cc1. The van der Waals surface area contributed by atoms with Gasteiger partial charge in [-0.25, -0.2) is 13.1 Å². The van der Waals surface area contributed by atoms with Crippen molar-refractivity contribution in [2.75, 3.05) is 31.1 Å². The second-order valence-electron chi connectivity index (χ2n) is 5.19. The second-order valence-corrected chi connectivity index (χ2v) is 6.95. The quantitative estimate of drug-likeness (QED) is 0.855. The summed E-state index contributed by atoms with van der Waals surface area (Å²) in [7, 11) is -3.36. The van der Waals surface area contributed by atoms with Crippen molar-refractivity contribution in [3.8, 4) is 0 Å². The molecule has 0 saturated carbocycles. The molecule has 0 amide bonds. The van der Waals surface area contributed by atoms with Gasteiger partial charge >= 0.3 is 0 Å². The third-order valence-electron chi connectivity index (χ3n) is 3.70. The Morgan fingerprint density at radius 1 is 1.35 bits per heavy atom. The van der Waals surface area contributed by atoms with Crippen molar-refractivity contribution >= 4 is 15.7 Å². The standard InChI is InChI=1S/C14H23N3O2S/c1-2-16-20(18,19)14-7-5-13(6-8-14)17-9-3-4-12(10-15)11-17/h5-8,12,16H,2-4,9-11,15H2,1H3. The fourth-order valence-electron chi connectivity index (χ4n) is 2.60. The van der Waals surface area contributed by atoms with E-state index in [1.54, 1.807) is 19.1 Å². The second kappa shape index (κ2) is 6.56. The van der Waals surface area contributed by atoms with Gasteiger partial charge in [0.25, 0.3) is 0 Å². The van der Waals surface area contributed by atoms with Crippen molar-refractivity contribution in [2.45, 2.75) is 24.7 Å². The van der Waals surface area contributed by atoms with E-state index in [4.69, 9.17) is 5.73 Å². The van der Waals surface area contributed by atoms with Gasteiger partial charge in [-0.2, -0.15) is 0 Å². The number of hydrogen-bond acceptors (Lipinski definition) is 4. The van der Waals surface area contributed by atoms with E-state index in [9.17, 15) is 8.42 Å². The molecule has 1 atom stereocenters. The number of benzene rings is 1. The smallest absolute Gasteiger partial charge is 0.240 e. The predicted octanol–water partition coefficient (Wildman–Crippen LogP) is 1.16. The van der Waals surface area contributed by atoms with Crippen LogP contribution < -0.4 is 15.4 Å². The molecule has 0 bridgehead atoms. The number of anilines is 1. The average molecular weight is 297 g/mol. The normalized spacial score (nSPS) is 20.1. The van der Waals surface area contributed by atoms with Crippen LogP contribution >= 0.6 is 0 Å². The van der Waals surface area contributed by atoms with Gasteiger partial charge in [-0.15, -0.1) is 0 Å². The molecule has 1 heterocycles. The highest BCUT2D eigenvalue weighted by Gasteiger charge is 2.19. The number of rotatable bonds is 5. The van der Waals surface area contributed by atoms with Crippen molar-refractivity contribution < 1.29 is 8.42 Å². The molecule has 0 spiro atoms. The summed E-state index contributed by atoms with van der Waals surface area (Å²) in [6.45, 7) is 4.84. The Morgan fingerprint density at radius 2 is 2.05 bits per heavy atom. The number of hydrogen-bond donors (Lipinski definition) is 2. The summed E-state index contributed by atoms with van der Waals surface area (Å²) in [5.41, 5.74) is 6.81. The topological polar surface area (TPSA) is 75.4 Å². The van der Waals surface area contributed by atoms with Crippen molar-refractivity contribution in [3.05, 3.63) is 24.3 Å². The first-order valence-electron chi connectivity index (χ1n) is 7.11. The number of nitrogens with one attached hydrogen (secondary N) is 1. The van der Waals surface area contributed by atoms with Crippen LogP contribution in [0.1, 0.15) is 19.8 Å². The summed E-state index contributed by atoms with van der Waals surface area (Å²) in [4.78, 5) is 2.60. The lowest BCUT2D eigenvalue weighted by molar-refractivity contribution is 0.423. The third-order valence-corrected chi connectivity index (χ3v) is 5.26. The zero-order chi connectivity index (χ0) is 14.6. The molecule has 2 rings (SSSR count). The number of nitrogens with zero attached hydrogens (tertiary/aromatic N) is 1. The molecule has 1 aliphatic heterocycles. The average Bonchev–Trinajstić information content (AvgIpc) is 2.47. The van der Waals surface area contributed by atoms with E-state index >= 15 is 0 Å². The maximum Gasteiger partial charge on any atom is 0.240 e. The number of piperidine rings is 1. The van der Waals surface area contributed by atoms with E-state index in [0.717, 1.165) is 25.2 Å². The van der Waals surface area contributed by atoms with Crippen LogP contribution in [-0.4, -0.2) is 34.6 Å². The van der Waals surface area contributed by atoms with Gasteiger partial charge in [0.15, 0.2) is 0 Å². The van der Waals surface area contributed by atoms with Crippen LogP contribution in [0.5, 0.6) is 0 Å². The van der Waals surface area contributed by atoms with Crippen molar-refractivity contribution in [3.63, 3.8) is 0 Å². The zero-order valence-electron chi connectivity index (χ0n) is 11.9. The minimum absolute atomic E-state index is 0.315. The Kier molecular flexibility index (Phi) is 5.01. The molecule has 6 heteroatoms. The van der Waals surface area contributed by atoms with Crippen molar-refractivity contribution in [1.82, 2.24) is 4.72 Å². The first-order valence-corrected chi connectivity index (χ1v) is 8.60. The largest absolute Gasteiger partial charge is 0.371 e. The molecule has 1 fully saturated rings. The van der Waals surface area contributed by atoms with Crippen LogP contribution in [0.2, 0.25) is 0 Å². The van der Waals surface area contributed by atoms with Gasteiger partial charge in [0, 0.05) is 25.3 Å². The minimum atomic E-state index is -3.36. The van der Waals surface area contributed by atoms with Gasteiger partial charge in [-0.1, -0.05) is 6.92 Å². The highest BCUT2D eigenvalue weighted by atomic mass is 32.2. The highest BCUT2D eigenvalue weighted by Crippen LogP contribution is 2.24. The molecule has 0 aromatic heterocycles. The van der Waals surface area contributed by atoms with Gasteiger partial charge in [-0.3, -0.25) is 0 Å². The monoisotopic (exact) mass is 297 g/mol. The summed E-state index contributed by atoms with van der Waals surface area (Å²) >= 11 is 0. The fourth-order valence-corrected chi connectivity index (χ4v) is 3.64. The molecule has 1 aromatic rings. The van der Waals surface area contributed by atoms with E-state index in [1.807, 2.05) is 12.1 Å². The first-order chi connectivity index (χ1) is 9.56. The summed E-state index contributed by atoms with van der Waals surface area (Å²) < 4.78 is 26.2. The van der Waals surface area contributed by atoms with E-state index in [1.165, 1.54) is 6.42 Å². The van der Waals surface area contributed by atoms with E-state index < -0.39 is 10.0 Å². The maximum absolute atomic E-state index is 11.9. The lowest BCUT2D eigenvalue weighted by Gasteiger charge is -2.34. The molecule has 5 nitrogen and oxygen atoms in total.